The van der Waals surface area contributed by atoms with E-state index in [2.05, 4.69) is 16.0 Å². The van der Waals surface area contributed by atoms with Crippen molar-refractivity contribution >= 4 is 28.1 Å². The SMILES string of the molecule is Cc1cccc(-c2sc(N)nc2C(=O)N(CCC2=CN=C3CC(F)=CC=C23)CC2CC2)c1. The van der Waals surface area contributed by atoms with Crippen molar-refractivity contribution in [3.05, 3.63) is 70.8 Å². The highest BCUT2D eigenvalue weighted by Crippen LogP contribution is 2.36. The number of fused-ring (bicyclic) bond motifs is 1. The number of aliphatic imine (C=N–C) groups is 1. The summed E-state index contributed by atoms with van der Waals surface area (Å²) in [6, 6.07) is 8.06. The number of hydrogen-bond acceptors (Lipinski definition) is 5. The number of nitrogens with two attached hydrogens (primary N) is 1. The van der Waals surface area contributed by atoms with Gasteiger partial charge in [0.05, 0.1) is 10.6 Å². The molecule has 5 rings (SSSR count). The van der Waals surface area contributed by atoms with Gasteiger partial charge in [0.15, 0.2) is 5.13 Å². The van der Waals surface area contributed by atoms with Crippen LogP contribution in [-0.4, -0.2) is 34.6 Å². The Hall–Kier alpha value is -3.06. The number of aryl methyl sites for hydroxylation is 1. The number of allylic oxidation sites excluding steroid dienone is 4. The van der Waals surface area contributed by atoms with E-state index >= 15 is 0 Å². The van der Waals surface area contributed by atoms with Crippen LogP contribution in [0, 0.1) is 12.8 Å². The van der Waals surface area contributed by atoms with Crippen LogP contribution in [0.15, 0.2) is 64.6 Å². The molecule has 1 aromatic heterocycles. The maximum absolute atomic E-state index is 13.6. The second kappa shape index (κ2) is 8.47. The largest absolute Gasteiger partial charge is 0.375 e. The molecule has 0 spiro atoms. The second-order valence-corrected chi connectivity index (χ2v) is 9.68. The fraction of sp³-hybridized carbons (Fsp3) is 0.320. The molecule has 0 unspecified atom stereocenters. The van der Waals surface area contributed by atoms with Crippen molar-refractivity contribution in [1.82, 2.24) is 9.88 Å². The van der Waals surface area contributed by atoms with Gasteiger partial charge in [0.25, 0.3) is 5.91 Å². The first-order valence-corrected chi connectivity index (χ1v) is 11.7. The van der Waals surface area contributed by atoms with Crippen molar-refractivity contribution in [2.45, 2.75) is 32.6 Å². The van der Waals surface area contributed by atoms with Crippen molar-refractivity contribution in [3.8, 4) is 10.4 Å². The van der Waals surface area contributed by atoms with E-state index in [0.29, 0.717) is 29.7 Å². The Kier molecular flexibility index (Phi) is 5.51. The van der Waals surface area contributed by atoms with Gasteiger partial charge in [-0.3, -0.25) is 9.79 Å². The van der Waals surface area contributed by atoms with E-state index in [9.17, 15) is 9.18 Å². The lowest BCUT2D eigenvalue weighted by atomic mass is 9.95. The van der Waals surface area contributed by atoms with E-state index < -0.39 is 0 Å². The zero-order chi connectivity index (χ0) is 22.2. The number of halogens is 1. The quantitative estimate of drug-likeness (QED) is 0.611. The number of nitrogen functional groups attached to an aromatic ring is 1. The van der Waals surface area contributed by atoms with E-state index in [4.69, 9.17) is 5.73 Å². The number of benzene rings is 1. The number of nitrogens with zero attached hydrogens (tertiary/aromatic N) is 3. The van der Waals surface area contributed by atoms with Gasteiger partial charge in [-0.1, -0.05) is 47.2 Å². The second-order valence-electron chi connectivity index (χ2n) is 8.64. The van der Waals surface area contributed by atoms with Crippen LogP contribution in [0.25, 0.3) is 10.4 Å². The summed E-state index contributed by atoms with van der Waals surface area (Å²) in [7, 11) is 0. The molecule has 7 heteroatoms. The molecule has 1 amide bonds. The highest BCUT2D eigenvalue weighted by atomic mass is 32.1. The zero-order valence-corrected chi connectivity index (χ0v) is 18.8. The van der Waals surface area contributed by atoms with Gasteiger partial charge < -0.3 is 10.6 Å². The average Bonchev–Trinajstić information content (AvgIpc) is 3.38. The molecule has 0 saturated heterocycles. The lowest BCUT2D eigenvalue weighted by Gasteiger charge is -2.23. The topological polar surface area (TPSA) is 71.6 Å². The molecule has 3 aliphatic rings. The minimum absolute atomic E-state index is 0.0790. The minimum atomic E-state index is -0.169. The molecule has 0 atom stereocenters. The lowest BCUT2D eigenvalue weighted by molar-refractivity contribution is 0.0745. The molecule has 164 valence electrons. The molecule has 32 heavy (non-hydrogen) atoms. The Morgan fingerprint density at radius 1 is 1.31 bits per heavy atom. The summed E-state index contributed by atoms with van der Waals surface area (Å²) in [6.07, 6.45) is 8.33. The van der Waals surface area contributed by atoms with Gasteiger partial charge in [-0.2, -0.15) is 0 Å². The van der Waals surface area contributed by atoms with Crippen LogP contribution < -0.4 is 5.73 Å². The van der Waals surface area contributed by atoms with Crippen molar-refractivity contribution in [2.24, 2.45) is 10.9 Å². The maximum atomic E-state index is 13.6. The average molecular weight is 449 g/mol. The van der Waals surface area contributed by atoms with Gasteiger partial charge in [-0.25, -0.2) is 9.37 Å². The van der Waals surface area contributed by atoms with Crippen molar-refractivity contribution in [3.63, 3.8) is 0 Å². The van der Waals surface area contributed by atoms with Gasteiger partial charge in [0, 0.05) is 31.3 Å². The van der Waals surface area contributed by atoms with Crippen LogP contribution in [-0.2, 0) is 0 Å². The molecule has 1 fully saturated rings. The molecular weight excluding hydrogens is 423 g/mol. The third kappa shape index (κ3) is 4.30. The number of rotatable bonds is 7. The number of carbonyl (C=O) groups excluding carboxylic acids is 1. The van der Waals surface area contributed by atoms with E-state index in [1.165, 1.54) is 17.4 Å². The van der Waals surface area contributed by atoms with E-state index in [1.807, 2.05) is 36.2 Å². The standard InChI is InChI=1S/C25H25FN4OS/c1-15-3-2-4-17(11-15)23-22(29-25(27)32-23)24(31)30(14-16-5-6-16)10-9-18-13-28-21-12-19(26)7-8-20(18)21/h2-4,7-8,11,13,16H,5-6,9-10,12,14H2,1H3,(H2,27,29). The predicted molar refractivity (Wildman–Crippen MR) is 127 cm³/mol. The fourth-order valence-corrected chi connectivity index (χ4v) is 4.99. The highest BCUT2D eigenvalue weighted by Gasteiger charge is 2.31. The van der Waals surface area contributed by atoms with Crippen molar-refractivity contribution in [2.75, 3.05) is 18.8 Å². The summed E-state index contributed by atoms with van der Waals surface area (Å²) in [6.45, 7) is 3.32. The Morgan fingerprint density at radius 3 is 2.94 bits per heavy atom. The first-order valence-electron chi connectivity index (χ1n) is 10.9. The predicted octanol–water partition coefficient (Wildman–Crippen LogP) is 5.47. The van der Waals surface area contributed by atoms with Gasteiger partial charge >= 0.3 is 0 Å². The Labute approximate surface area is 190 Å². The molecule has 2 heterocycles. The Balaban J connectivity index is 1.37. The smallest absolute Gasteiger partial charge is 0.274 e. The van der Waals surface area contributed by atoms with Crippen molar-refractivity contribution in [1.29, 1.82) is 0 Å². The maximum Gasteiger partial charge on any atom is 0.274 e. The Bertz CT molecular complexity index is 1200. The van der Waals surface area contributed by atoms with Gasteiger partial charge in [-0.05, 0) is 49.3 Å². The Morgan fingerprint density at radius 2 is 2.16 bits per heavy atom. The monoisotopic (exact) mass is 448 g/mol. The first-order chi connectivity index (χ1) is 15.5. The zero-order valence-electron chi connectivity index (χ0n) is 18.0. The summed E-state index contributed by atoms with van der Waals surface area (Å²) < 4.78 is 13.6. The third-order valence-electron chi connectivity index (χ3n) is 6.04. The fourth-order valence-electron chi connectivity index (χ4n) is 4.17. The van der Waals surface area contributed by atoms with E-state index in [1.54, 1.807) is 6.08 Å². The van der Waals surface area contributed by atoms with Gasteiger partial charge in [-0.15, -0.1) is 0 Å². The summed E-state index contributed by atoms with van der Waals surface area (Å²) in [5, 5.41) is 0.397. The number of amides is 1. The first kappa shape index (κ1) is 20.8. The number of thiazole rings is 1. The molecule has 0 bridgehead atoms. The summed E-state index contributed by atoms with van der Waals surface area (Å²) >= 11 is 1.35. The lowest BCUT2D eigenvalue weighted by Crippen LogP contribution is -2.34. The molecule has 2 aliphatic carbocycles. The molecule has 5 nitrogen and oxygen atoms in total. The van der Waals surface area contributed by atoms with Crippen LogP contribution in [0.4, 0.5) is 9.52 Å². The molecule has 0 radical (unpaired) electrons. The van der Waals surface area contributed by atoms with Crippen LogP contribution in [0.1, 0.15) is 41.7 Å². The summed E-state index contributed by atoms with van der Waals surface area (Å²) in [4.78, 5) is 25.2. The molecule has 1 aromatic carbocycles. The number of hydrogen-bond donors (Lipinski definition) is 1. The van der Waals surface area contributed by atoms with E-state index in [0.717, 1.165) is 52.2 Å². The van der Waals surface area contributed by atoms with Gasteiger partial charge in [0.1, 0.15) is 11.5 Å². The van der Waals surface area contributed by atoms with Crippen molar-refractivity contribution < 1.29 is 9.18 Å². The minimum Gasteiger partial charge on any atom is -0.375 e. The molecule has 1 aliphatic heterocycles. The summed E-state index contributed by atoms with van der Waals surface area (Å²) in [5.74, 6) is 0.301. The number of carbonyl (C=O) groups is 1. The van der Waals surface area contributed by atoms with Crippen LogP contribution in [0.3, 0.4) is 0 Å². The van der Waals surface area contributed by atoms with Crippen LogP contribution in [0.2, 0.25) is 0 Å². The molecular formula is C25H25FN4OS. The summed E-state index contributed by atoms with van der Waals surface area (Å²) in [5.41, 5.74) is 11.4. The van der Waals surface area contributed by atoms with Crippen LogP contribution >= 0.6 is 11.3 Å². The molecule has 1 saturated carbocycles. The molecule has 2 N–H and O–H groups in total. The van der Waals surface area contributed by atoms with Gasteiger partial charge in [0.2, 0.25) is 0 Å². The highest BCUT2D eigenvalue weighted by molar-refractivity contribution is 7.19. The van der Waals surface area contributed by atoms with E-state index in [-0.39, 0.29) is 18.2 Å². The number of anilines is 1. The third-order valence-corrected chi connectivity index (χ3v) is 6.97. The molecule has 2 aromatic rings. The van der Waals surface area contributed by atoms with Crippen LogP contribution in [0.5, 0.6) is 0 Å². The normalized spacial score (nSPS) is 17.3. The number of aromatic nitrogens is 1.